The Bertz CT molecular complexity index is 1640. The molecular weight excluding hydrogens is 640 g/mol. The number of hydrogen-bond donors (Lipinski definition) is 3. The topological polar surface area (TPSA) is 117 Å². The molecule has 1 fully saturated rings. The molecule has 4 aromatic rings. The normalized spacial score (nSPS) is 15.7. The molecule has 2 unspecified atom stereocenters. The first kappa shape index (κ1) is 37.9. The summed E-state index contributed by atoms with van der Waals surface area (Å²) in [7, 11) is 1.61. The number of likely N-dealkylation sites (N-methyl/N-ethyl adjacent to an activating group) is 1. The number of aliphatic hydroxyl groups is 1. The van der Waals surface area contributed by atoms with Crippen molar-refractivity contribution in [3.63, 3.8) is 0 Å². The van der Waals surface area contributed by atoms with Crippen LogP contribution in [0.15, 0.2) is 97.5 Å². The molecule has 0 saturated carbocycles. The number of aryl methyl sites for hydroxylation is 1. The van der Waals surface area contributed by atoms with Crippen LogP contribution in [0.1, 0.15) is 86.9 Å². The van der Waals surface area contributed by atoms with Crippen LogP contribution >= 0.6 is 0 Å². The summed E-state index contributed by atoms with van der Waals surface area (Å²) in [6, 6.07) is 27.8. The number of carboxylic acids is 1. The number of likely N-dealkylation sites (tertiary alicyclic amines) is 1. The van der Waals surface area contributed by atoms with Gasteiger partial charge in [-0.15, -0.1) is 0 Å². The SMILES string of the molecule is CNC(Cc1cn(CCC(=O)OC(CCCN2CCC(C(O)(c3ccccc3)c3ccccc3)CC2)c2ccc(C(C)(C)C)cc2)cn1)C(=O)O. The largest absolute Gasteiger partial charge is 0.480 e. The predicted molar refractivity (Wildman–Crippen MR) is 199 cm³/mol. The standard InChI is InChI=1S/C42H54N4O5/c1-41(2,3)32-19-17-31(18-20-32)38(51-39(47)23-27-46-29-36(44-30-46)28-37(43-4)40(48)49)16-11-24-45-25-21-35(22-26-45)42(50,33-12-7-5-8-13-33)34-14-9-6-10-15-34/h5-10,12-15,17-20,29-30,35,37-38,43,50H,11,16,21-28H2,1-4H3,(H,48,49). The quantitative estimate of drug-likeness (QED) is 0.114. The molecule has 0 amide bonds. The molecule has 1 aromatic heterocycles. The minimum absolute atomic E-state index is 0.0192. The number of nitrogens with one attached hydrogen (secondary N) is 1. The van der Waals surface area contributed by atoms with E-state index in [2.05, 4.69) is 60.2 Å². The van der Waals surface area contributed by atoms with Gasteiger partial charge in [0.1, 0.15) is 17.7 Å². The number of piperidine rings is 1. The van der Waals surface area contributed by atoms with E-state index in [0.717, 1.165) is 55.6 Å². The molecular formula is C42H54N4O5. The first-order chi connectivity index (χ1) is 24.5. The minimum atomic E-state index is -1.04. The van der Waals surface area contributed by atoms with Gasteiger partial charge in [-0.3, -0.25) is 9.59 Å². The van der Waals surface area contributed by atoms with Crippen molar-refractivity contribution in [3.8, 4) is 0 Å². The van der Waals surface area contributed by atoms with Crippen molar-refractivity contribution < 1.29 is 24.5 Å². The summed E-state index contributed by atoms with van der Waals surface area (Å²) in [5.74, 6) is -1.11. The van der Waals surface area contributed by atoms with Gasteiger partial charge < -0.3 is 29.7 Å². The Morgan fingerprint density at radius 1 is 0.902 bits per heavy atom. The van der Waals surface area contributed by atoms with Crippen molar-refractivity contribution in [1.82, 2.24) is 19.8 Å². The Balaban J connectivity index is 1.18. The molecule has 51 heavy (non-hydrogen) atoms. The van der Waals surface area contributed by atoms with E-state index in [-0.39, 0.29) is 36.2 Å². The number of rotatable bonds is 16. The maximum Gasteiger partial charge on any atom is 0.321 e. The molecule has 2 atom stereocenters. The Labute approximate surface area is 302 Å². The van der Waals surface area contributed by atoms with Gasteiger partial charge in [0, 0.05) is 19.2 Å². The molecule has 2 heterocycles. The highest BCUT2D eigenvalue weighted by Gasteiger charge is 2.41. The molecule has 272 valence electrons. The lowest BCUT2D eigenvalue weighted by atomic mass is 9.72. The summed E-state index contributed by atoms with van der Waals surface area (Å²) in [5, 5.41) is 24.4. The molecule has 1 aliphatic rings. The van der Waals surface area contributed by atoms with Crippen LogP contribution in [0.25, 0.3) is 0 Å². The second-order valence-corrected chi connectivity index (χ2v) is 14.8. The Kier molecular flexibility index (Phi) is 12.8. The summed E-state index contributed by atoms with van der Waals surface area (Å²) < 4.78 is 7.95. The smallest absolute Gasteiger partial charge is 0.321 e. The molecule has 9 heteroatoms. The fraction of sp³-hybridized carbons (Fsp3) is 0.452. The molecule has 0 spiro atoms. The third-order valence-corrected chi connectivity index (χ3v) is 10.3. The number of esters is 1. The number of aliphatic carboxylic acids is 1. The van der Waals surface area contributed by atoms with E-state index in [0.29, 0.717) is 18.7 Å². The van der Waals surface area contributed by atoms with E-state index in [1.165, 1.54) is 5.56 Å². The van der Waals surface area contributed by atoms with Gasteiger partial charge in [0.05, 0.1) is 18.4 Å². The molecule has 0 aliphatic carbocycles. The number of carbonyl (C=O) groups is 2. The average molecular weight is 695 g/mol. The summed E-state index contributed by atoms with van der Waals surface area (Å²) in [6.07, 6.45) is 6.82. The highest BCUT2D eigenvalue weighted by Crippen LogP contribution is 2.42. The first-order valence-corrected chi connectivity index (χ1v) is 18.2. The number of nitrogens with zero attached hydrogens (tertiary/aromatic N) is 3. The van der Waals surface area contributed by atoms with Crippen LogP contribution in [0.2, 0.25) is 0 Å². The van der Waals surface area contributed by atoms with E-state index < -0.39 is 17.6 Å². The zero-order valence-corrected chi connectivity index (χ0v) is 30.5. The average Bonchev–Trinajstić information content (AvgIpc) is 3.60. The molecule has 9 nitrogen and oxygen atoms in total. The van der Waals surface area contributed by atoms with Crippen molar-refractivity contribution >= 4 is 11.9 Å². The van der Waals surface area contributed by atoms with Crippen molar-refractivity contribution in [2.45, 2.75) is 89.0 Å². The molecule has 5 rings (SSSR count). The first-order valence-electron chi connectivity index (χ1n) is 18.2. The van der Waals surface area contributed by atoms with Crippen molar-refractivity contribution in [1.29, 1.82) is 0 Å². The molecule has 3 aromatic carbocycles. The van der Waals surface area contributed by atoms with E-state index in [1.807, 2.05) is 60.7 Å². The number of carbonyl (C=O) groups excluding carboxylic acids is 1. The van der Waals surface area contributed by atoms with Crippen LogP contribution in [0.3, 0.4) is 0 Å². The van der Waals surface area contributed by atoms with Crippen LogP contribution in [-0.2, 0) is 38.3 Å². The van der Waals surface area contributed by atoms with Crippen molar-refractivity contribution in [2.24, 2.45) is 5.92 Å². The van der Waals surface area contributed by atoms with Crippen molar-refractivity contribution in [2.75, 3.05) is 26.7 Å². The van der Waals surface area contributed by atoms with Crippen LogP contribution < -0.4 is 5.32 Å². The van der Waals surface area contributed by atoms with Crippen LogP contribution in [0.5, 0.6) is 0 Å². The van der Waals surface area contributed by atoms with Gasteiger partial charge in [-0.1, -0.05) is 106 Å². The van der Waals surface area contributed by atoms with Crippen LogP contribution in [-0.4, -0.2) is 69.3 Å². The maximum atomic E-state index is 13.2. The van der Waals surface area contributed by atoms with Gasteiger partial charge in [-0.25, -0.2) is 4.98 Å². The summed E-state index contributed by atoms with van der Waals surface area (Å²) in [6.45, 7) is 9.63. The van der Waals surface area contributed by atoms with Gasteiger partial charge in [0.2, 0.25) is 0 Å². The summed E-state index contributed by atoms with van der Waals surface area (Å²) in [5.41, 5.74) is 3.71. The molecule has 0 bridgehead atoms. The van der Waals surface area contributed by atoms with Gasteiger partial charge in [-0.2, -0.15) is 0 Å². The molecule has 3 N–H and O–H groups in total. The second kappa shape index (κ2) is 17.3. The Morgan fingerprint density at radius 2 is 1.51 bits per heavy atom. The molecule has 0 radical (unpaired) electrons. The lowest BCUT2D eigenvalue weighted by Crippen LogP contribution is -2.44. The van der Waals surface area contributed by atoms with Gasteiger partial charge in [-0.05, 0) is 86.0 Å². The van der Waals surface area contributed by atoms with Crippen molar-refractivity contribution in [3.05, 3.63) is 125 Å². The zero-order valence-electron chi connectivity index (χ0n) is 30.5. The van der Waals surface area contributed by atoms with E-state index in [9.17, 15) is 19.8 Å². The van der Waals surface area contributed by atoms with E-state index >= 15 is 0 Å². The monoisotopic (exact) mass is 694 g/mol. The van der Waals surface area contributed by atoms with Crippen LogP contribution in [0, 0.1) is 5.92 Å². The number of carboxylic acid groups (broad SMARTS) is 1. The number of ether oxygens (including phenoxy) is 1. The Hall–Kier alpha value is -4.31. The lowest BCUT2D eigenvalue weighted by molar-refractivity contribution is -0.150. The predicted octanol–water partition coefficient (Wildman–Crippen LogP) is 6.50. The third-order valence-electron chi connectivity index (χ3n) is 10.3. The zero-order chi connectivity index (χ0) is 36.4. The fourth-order valence-electron chi connectivity index (χ4n) is 7.18. The highest BCUT2D eigenvalue weighted by molar-refractivity contribution is 5.73. The summed E-state index contributed by atoms with van der Waals surface area (Å²) >= 11 is 0. The van der Waals surface area contributed by atoms with Gasteiger partial charge >= 0.3 is 11.9 Å². The van der Waals surface area contributed by atoms with Gasteiger partial charge in [0.25, 0.3) is 0 Å². The van der Waals surface area contributed by atoms with Gasteiger partial charge in [0.15, 0.2) is 0 Å². The third kappa shape index (κ3) is 9.94. The Morgan fingerprint density at radius 3 is 2.06 bits per heavy atom. The maximum absolute atomic E-state index is 13.2. The minimum Gasteiger partial charge on any atom is -0.480 e. The number of benzene rings is 3. The number of hydrogen-bond acceptors (Lipinski definition) is 7. The lowest BCUT2D eigenvalue weighted by Gasteiger charge is -2.42. The number of imidazole rings is 1. The van der Waals surface area contributed by atoms with E-state index in [4.69, 9.17) is 4.74 Å². The highest BCUT2D eigenvalue weighted by atomic mass is 16.5. The van der Waals surface area contributed by atoms with Crippen LogP contribution in [0.4, 0.5) is 0 Å². The fourth-order valence-corrected chi connectivity index (χ4v) is 7.18. The second-order valence-electron chi connectivity index (χ2n) is 14.8. The molecule has 1 aliphatic heterocycles. The molecule has 1 saturated heterocycles. The summed E-state index contributed by atoms with van der Waals surface area (Å²) in [4.78, 5) is 31.4. The van der Waals surface area contributed by atoms with E-state index in [1.54, 1.807) is 24.1 Å². The number of aromatic nitrogens is 2.